The molecule has 0 amide bonds. The van der Waals surface area contributed by atoms with Crippen molar-refractivity contribution in [3.63, 3.8) is 0 Å². The van der Waals surface area contributed by atoms with Crippen molar-refractivity contribution in [2.75, 3.05) is 0 Å². The molecule has 1 fully saturated rings. The number of rotatable bonds is 6. The van der Waals surface area contributed by atoms with E-state index in [-0.39, 0.29) is 6.42 Å². The van der Waals surface area contributed by atoms with Crippen molar-refractivity contribution >= 4 is 15.8 Å². The van der Waals surface area contributed by atoms with Crippen LogP contribution >= 0.6 is 0 Å². The minimum atomic E-state index is -3.50. The van der Waals surface area contributed by atoms with Gasteiger partial charge in [0, 0.05) is 0 Å². The average Bonchev–Trinajstić information content (AvgIpc) is 2.30. The van der Waals surface area contributed by atoms with E-state index in [9.17, 15) is 13.2 Å². The molecule has 1 aliphatic rings. The summed E-state index contributed by atoms with van der Waals surface area (Å²) < 4.78 is 24.5. The molecule has 1 saturated carbocycles. The molecule has 1 aliphatic carbocycles. The summed E-state index contributed by atoms with van der Waals surface area (Å²) in [4.78, 5) is 11.1. The maximum absolute atomic E-state index is 12.3. The maximum Gasteiger partial charge on any atom is 0.321 e. The Balaban J connectivity index is 2.79. The third kappa shape index (κ3) is 3.69. The van der Waals surface area contributed by atoms with Crippen LogP contribution in [0.25, 0.3) is 0 Å². The van der Waals surface area contributed by atoms with Gasteiger partial charge in [-0.1, -0.05) is 39.0 Å². The Labute approximate surface area is 103 Å². The molecule has 0 heterocycles. The Morgan fingerprint density at radius 1 is 1.29 bits per heavy atom. The quantitative estimate of drug-likeness (QED) is 0.797. The smallest absolute Gasteiger partial charge is 0.321 e. The summed E-state index contributed by atoms with van der Waals surface area (Å²) in [6.07, 6.45) is 5.89. The Bertz CT molecular complexity index is 342. The van der Waals surface area contributed by atoms with Gasteiger partial charge in [0.2, 0.25) is 0 Å². The molecule has 0 aromatic rings. The monoisotopic (exact) mass is 262 g/mol. The molecule has 4 nitrogen and oxygen atoms in total. The second kappa shape index (κ2) is 6.38. The highest BCUT2D eigenvalue weighted by atomic mass is 32.2. The van der Waals surface area contributed by atoms with Gasteiger partial charge in [-0.15, -0.1) is 0 Å². The number of carboxylic acids is 1. The van der Waals surface area contributed by atoms with E-state index in [2.05, 4.69) is 0 Å². The minimum Gasteiger partial charge on any atom is -0.480 e. The Hall–Kier alpha value is -0.580. The molecule has 1 atom stereocenters. The van der Waals surface area contributed by atoms with Crippen molar-refractivity contribution in [1.82, 2.24) is 0 Å². The number of aliphatic carboxylic acids is 1. The lowest BCUT2D eigenvalue weighted by Gasteiger charge is -2.25. The molecule has 0 saturated heterocycles. The zero-order valence-corrected chi connectivity index (χ0v) is 11.2. The molecule has 5 heteroatoms. The van der Waals surface area contributed by atoms with E-state index in [4.69, 9.17) is 5.11 Å². The predicted octanol–water partition coefficient (Wildman–Crippen LogP) is 2.38. The Morgan fingerprint density at radius 3 is 2.35 bits per heavy atom. The summed E-state index contributed by atoms with van der Waals surface area (Å²) in [6, 6.07) is 0. The van der Waals surface area contributed by atoms with Gasteiger partial charge in [0.25, 0.3) is 0 Å². The van der Waals surface area contributed by atoms with Gasteiger partial charge in [0.1, 0.15) is 0 Å². The highest BCUT2D eigenvalue weighted by Crippen LogP contribution is 2.28. The van der Waals surface area contributed by atoms with E-state index < -0.39 is 26.3 Å². The minimum absolute atomic E-state index is 0.255. The molecule has 0 radical (unpaired) electrons. The summed E-state index contributed by atoms with van der Waals surface area (Å²) >= 11 is 0. The molecule has 0 aromatic carbocycles. The van der Waals surface area contributed by atoms with Crippen LogP contribution in [0.1, 0.15) is 58.3 Å². The molecule has 17 heavy (non-hydrogen) atoms. The largest absolute Gasteiger partial charge is 0.480 e. The second-order valence-corrected chi connectivity index (χ2v) is 7.23. The van der Waals surface area contributed by atoms with Gasteiger partial charge >= 0.3 is 5.97 Å². The van der Waals surface area contributed by atoms with Gasteiger partial charge in [-0.2, -0.15) is 0 Å². The van der Waals surface area contributed by atoms with Crippen molar-refractivity contribution in [3.8, 4) is 0 Å². The lowest BCUT2D eigenvalue weighted by molar-refractivity contribution is -0.136. The van der Waals surface area contributed by atoms with E-state index in [0.29, 0.717) is 19.3 Å². The fraction of sp³-hybridized carbons (Fsp3) is 0.917. The fourth-order valence-electron chi connectivity index (χ4n) is 2.44. The van der Waals surface area contributed by atoms with E-state index in [1.54, 1.807) is 0 Å². The first-order valence-corrected chi connectivity index (χ1v) is 8.06. The van der Waals surface area contributed by atoms with Crippen LogP contribution in [0.15, 0.2) is 0 Å². The van der Waals surface area contributed by atoms with Crippen LogP contribution in [0, 0.1) is 0 Å². The zero-order valence-electron chi connectivity index (χ0n) is 10.4. The van der Waals surface area contributed by atoms with Crippen LogP contribution in [-0.4, -0.2) is 30.0 Å². The second-order valence-electron chi connectivity index (χ2n) is 4.82. The number of carboxylic acid groups (broad SMARTS) is 1. The van der Waals surface area contributed by atoms with Crippen molar-refractivity contribution in [2.24, 2.45) is 0 Å². The number of carbonyl (C=O) groups is 1. The lowest BCUT2D eigenvalue weighted by atomic mass is 10.0. The first-order valence-electron chi connectivity index (χ1n) is 6.45. The molecule has 0 bridgehead atoms. The molecular formula is C12H22O4S. The molecule has 0 aliphatic heterocycles. The normalized spacial score (nSPS) is 20.1. The molecule has 0 aromatic heterocycles. The number of unbranched alkanes of at least 4 members (excludes halogenated alkanes) is 1. The van der Waals surface area contributed by atoms with Crippen LogP contribution in [0.2, 0.25) is 0 Å². The van der Waals surface area contributed by atoms with Crippen LogP contribution in [0.3, 0.4) is 0 Å². The molecule has 1 rings (SSSR count). The third-order valence-electron chi connectivity index (χ3n) is 3.51. The number of hydrogen-bond donors (Lipinski definition) is 1. The lowest BCUT2D eigenvalue weighted by Crippen LogP contribution is -2.38. The molecule has 1 N–H and O–H groups in total. The topological polar surface area (TPSA) is 71.4 Å². The standard InChI is InChI=1S/C12H22O4S/c1-2-3-9-11(12(13)14)17(15,16)10-7-5-4-6-8-10/h10-11H,2-9H2,1H3,(H,13,14). The third-order valence-corrected chi connectivity index (χ3v) is 6.14. The van der Waals surface area contributed by atoms with Crippen molar-refractivity contribution in [1.29, 1.82) is 0 Å². The first-order chi connectivity index (χ1) is 8.00. The fourth-order valence-corrected chi connectivity index (χ4v) is 4.68. The molecular weight excluding hydrogens is 240 g/mol. The predicted molar refractivity (Wildman–Crippen MR) is 66.7 cm³/mol. The average molecular weight is 262 g/mol. The molecule has 100 valence electrons. The van der Waals surface area contributed by atoms with Crippen LogP contribution in [0.4, 0.5) is 0 Å². The molecule has 1 unspecified atom stereocenters. The van der Waals surface area contributed by atoms with Gasteiger partial charge < -0.3 is 5.11 Å². The van der Waals surface area contributed by atoms with Crippen LogP contribution in [-0.2, 0) is 14.6 Å². The van der Waals surface area contributed by atoms with Gasteiger partial charge in [-0.25, -0.2) is 8.42 Å². The van der Waals surface area contributed by atoms with Crippen LogP contribution in [0.5, 0.6) is 0 Å². The number of hydrogen-bond acceptors (Lipinski definition) is 3. The van der Waals surface area contributed by atoms with Gasteiger partial charge in [-0.05, 0) is 19.3 Å². The van der Waals surface area contributed by atoms with Crippen LogP contribution < -0.4 is 0 Å². The summed E-state index contributed by atoms with van der Waals surface area (Å²) in [7, 11) is -3.50. The van der Waals surface area contributed by atoms with E-state index in [1.165, 1.54) is 0 Å². The van der Waals surface area contributed by atoms with Gasteiger partial charge in [0.15, 0.2) is 15.1 Å². The summed E-state index contributed by atoms with van der Waals surface area (Å²) in [5.41, 5.74) is 0. The molecule has 0 spiro atoms. The summed E-state index contributed by atoms with van der Waals surface area (Å²) in [5.74, 6) is -1.18. The van der Waals surface area contributed by atoms with E-state index >= 15 is 0 Å². The van der Waals surface area contributed by atoms with Gasteiger partial charge in [0.05, 0.1) is 5.25 Å². The Kier molecular flexibility index (Phi) is 5.43. The van der Waals surface area contributed by atoms with Gasteiger partial charge in [-0.3, -0.25) is 4.79 Å². The first kappa shape index (κ1) is 14.5. The van der Waals surface area contributed by atoms with Crippen molar-refractivity contribution in [3.05, 3.63) is 0 Å². The van der Waals surface area contributed by atoms with E-state index in [0.717, 1.165) is 25.7 Å². The summed E-state index contributed by atoms with van der Waals surface area (Å²) in [5, 5.41) is 7.48. The highest BCUT2D eigenvalue weighted by molar-refractivity contribution is 7.93. The Morgan fingerprint density at radius 2 is 1.88 bits per heavy atom. The van der Waals surface area contributed by atoms with Crippen molar-refractivity contribution < 1.29 is 18.3 Å². The number of sulfone groups is 1. The highest BCUT2D eigenvalue weighted by Gasteiger charge is 2.38. The maximum atomic E-state index is 12.3. The zero-order chi connectivity index (χ0) is 12.9. The van der Waals surface area contributed by atoms with E-state index in [1.807, 2.05) is 6.92 Å². The summed E-state index contributed by atoms with van der Waals surface area (Å²) in [6.45, 7) is 1.94. The SMILES string of the molecule is CCCCC(C(=O)O)S(=O)(=O)C1CCCCC1. The van der Waals surface area contributed by atoms with Crippen molar-refractivity contribution in [2.45, 2.75) is 68.8 Å².